The fourth-order valence-corrected chi connectivity index (χ4v) is 2.65. The predicted molar refractivity (Wildman–Crippen MR) is 111 cm³/mol. The largest absolute Gasteiger partial charge is 0.444 e. The van der Waals surface area contributed by atoms with Gasteiger partial charge in [-0.3, -0.25) is 9.59 Å². The van der Waals surface area contributed by atoms with Gasteiger partial charge >= 0.3 is 6.09 Å². The number of halogens is 2. The summed E-state index contributed by atoms with van der Waals surface area (Å²) in [6.07, 6.45) is -0.0456. The van der Waals surface area contributed by atoms with Crippen molar-refractivity contribution in [3.8, 4) is 0 Å². The molecule has 1 rings (SSSR count). The van der Waals surface area contributed by atoms with E-state index in [0.29, 0.717) is 28.7 Å². The quantitative estimate of drug-likeness (QED) is 0.680. The van der Waals surface area contributed by atoms with E-state index in [1.807, 2.05) is 6.92 Å². The average Bonchev–Trinajstić information content (AvgIpc) is 2.55. The van der Waals surface area contributed by atoms with Crippen LogP contribution in [0.15, 0.2) is 18.2 Å². The topological polar surface area (TPSA) is 87.7 Å². The van der Waals surface area contributed by atoms with E-state index in [0.717, 1.165) is 0 Å². The molecule has 0 radical (unpaired) electrons. The van der Waals surface area contributed by atoms with Gasteiger partial charge in [-0.2, -0.15) is 0 Å². The maximum absolute atomic E-state index is 12.7. The summed E-state index contributed by atoms with van der Waals surface area (Å²) in [5.74, 6) is -0.810. The molecule has 0 saturated carbocycles. The molecule has 0 bridgehead atoms. The summed E-state index contributed by atoms with van der Waals surface area (Å²) < 4.78 is 5.16. The van der Waals surface area contributed by atoms with Gasteiger partial charge in [-0.25, -0.2) is 4.79 Å². The first-order valence-electron chi connectivity index (χ1n) is 8.96. The Bertz CT molecular complexity index is 720. The van der Waals surface area contributed by atoms with Crippen LogP contribution in [-0.4, -0.2) is 47.5 Å². The SMILES string of the molecule is CCCN(CC(=O)Nc1cc(Cl)ccc1Cl)C(=O)C(C)NC(=O)OC(C)(C)C. The fourth-order valence-electron chi connectivity index (χ4n) is 2.31. The number of ether oxygens (including phenoxy) is 1. The highest BCUT2D eigenvalue weighted by molar-refractivity contribution is 6.35. The standard InChI is InChI=1S/C19H27Cl2N3O4/c1-6-9-24(17(26)12(2)22-18(27)28-19(3,4)5)11-16(25)23-15-10-13(20)7-8-14(15)21/h7-8,10,12H,6,9,11H2,1-5H3,(H,22,27)(H,23,25). The van der Waals surface area contributed by atoms with Crippen LogP contribution in [0.3, 0.4) is 0 Å². The van der Waals surface area contributed by atoms with E-state index in [9.17, 15) is 14.4 Å². The van der Waals surface area contributed by atoms with E-state index in [4.69, 9.17) is 27.9 Å². The van der Waals surface area contributed by atoms with Crippen LogP contribution in [0.2, 0.25) is 10.0 Å². The zero-order valence-electron chi connectivity index (χ0n) is 16.8. The molecule has 0 aliphatic rings. The molecule has 0 aliphatic heterocycles. The number of hydrogen-bond donors (Lipinski definition) is 2. The molecule has 9 heteroatoms. The first-order chi connectivity index (χ1) is 12.9. The molecule has 2 N–H and O–H groups in total. The summed E-state index contributed by atoms with van der Waals surface area (Å²) in [4.78, 5) is 38.3. The number of amides is 3. The van der Waals surface area contributed by atoms with Gasteiger partial charge in [0, 0.05) is 11.6 Å². The Hall–Kier alpha value is -1.99. The van der Waals surface area contributed by atoms with Crippen LogP contribution < -0.4 is 10.6 Å². The minimum Gasteiger partial charge on any atom is -0.444 e. The predicted octanol–water partition coefficient (Wildman–Crippen LogP) is 4.08. The van der Waals surface area contributed by atoms with E-state index >= 15 is 0 Å². The lowest BCUT2D eigenvalue weighted by molar-refractivity contribution is -0.136. The molecule has 7 nitrogen and oxygen atoms in total. The Labute approximate surface area is 175 Å². The average molecular weight is 432 g/mol. The summed E-state index contributed by atoms with van der Waals surface area (Å²) in [7, 11) is 0. The van der Waals surface area contributed by atoms with Crippen LogP contribution in [0.5, 0.6) is 0 Å². The maximum atomic E-state index is 12.7. The number of alkyl carbamates (subject to hydrolysis) is 1. The Morgan fingerprint density at radius 3 is 2.43 bits per heavy atom. The monoisotopic (exact) mass is 431 g/mol. The summed E-state index contributed by atoms with van der Waals surface area (Å²) in [5, 5.41) is 5.90. The summed E-state index contributed by atoms with van der Waals surface area (Å²) >= 11 is 12.0. The molecule has 1 unspecified atom stereocenters. The second kappa shape index (κ2) is 10.5. The summed E-state index contributed by atoms with van der Waals surface area (Å²) in [6.45, 7) is 8.79. The number of rotatable bonds is 7. The minimum absolute atomic E-state index is 0.185. The van der Waals surface area contributed by atoms with Gasteiger partial charge in [0.2, 0.25) is 11.8 Å². The van der Waals surface area contributed by atoms with Crippen LogP contribution in [0.25, 0.3) is 0 Å². The van der Waals surface area contributed by atoms with Gasteiger partial charge in [0.15, 0.2) is 0 Å². The summed E-state index contributed by atoms with van der Waals surface area (Å²) in [6, 6.07) is 3.86. The molecule has 1 aromatic carbocycles. The van der Waals surface area contributed by atoms with E-state index < -0.39 is 23.6 Å². The van der Waals surface area contributed by atoms with E-state index in [-0.39, 0.29) is 12.5 Å². The van der Waals surface area contributed by atoms with Crippen molar-refractivity contribution in [2.45, 2.75) is 52.7 Å². The number of hydrogen-bond acceptors (Lipinski definition) is 4. The van der Waals surface area contributed by atoms with Crippen molar-refractivity contribution < 1.29 is 19.1 Å². The van der Waals surface area contributed by atoms with Gasteiger partial charge in [-0.1, -0.05) is 30.1 Å². The minimum atomic E-state index is -0.844. The van der Waals surface area contributed by atoms with Crippen molar-refractivity contribution in [1.29, 1.82) is 0 Å². The Balaban J connectivity index is 2.74. The lowest BCUT2D eigenvalue weighted by Gasteiger charge is -2.26. The lowest BCUT2D eigenvalue weighted by atomic mass is 10.2. The summed E-state index contributed by atoms with van der Waals surface area (Å²) in [5.41, 5.74) is -0.311. The molecule has 0 fully saturated rings. The van der Waals surface area contributed by atoms with Gasteiger partial charge in [0.1, 0.15) is 11.6 Å². The van der Waals surface area contributed by atoms with Gasteiger partial charge < -0.3 is 20.3 Å². The molecule has 0 aromatic heterocycles. The molecule has 0 saturated heterocycles. The first-order valence-corrected chi connectivity index (χ1v) is 9.71. The van der Waals surface area contributed by atoms with Crippen LogP contribution in [-0.2, 0) is 14.3 Å². The smallest absolute Gasteiger partial charge is 0.408 e. The van der Waals surface area contributed by atoms with Crippen LogP contribution in [0.1, 0.15) is 41.0 Å². The molecular formula is C19H27Cl2N3O4. The van der Waals surface area contributed by atoms with Gasteiger partial charge in [-0.05, 0) is 52.3 Å². The number of benzene rings is 1. The zero-order chi connectivity index (χ0) is 21.5. The molecule has 0 heterocycles. The number of carbonyl (C=O) groups excluding carboxylic acids is 3. The normalized spacial score (nSPS) is 12.1. The van der Waals surface area contributed by atoms with E-state index in [1.165, 1.54) is 11.0 Å². The van der Waals surface area contributed by atoms with Crippen molar-refractivity contribution in [1.82, 2.24) is 10.2 Å². The lowest BCUT2D eigenvalue weighted by Crippen LogP contribution is -2.50. The molecule has 0 aliphatic carbocycles. The third-order valence-electron chi connectivity index (χ3n) is 3.45. The third-order valence-corrected chi connectivity index (χ3v) is 4.01. The maximum Gasteiger partial charge on any atom is 0.408 e. The molecule has 156 valence electrons. The Morgan fingerprint density at radius 1 is 1.21 bits per heavy atom. The molecule has 3 amide bonds. The molecular weight excluding hydrogens is 405 g/mol. The zero-order valence-corrected chi connectivity index (χ0v) is 18.3. The highest BCUT2D eigenvalue weighted by Gasteiger charge is 2.25. The van der Waals surface area contributed by atoms with E-state index in [1.54, 1.807) is 39.8 Å². The van der Waals surface area contributed by atoms with Gasteiger partial charge in [0.25, 0.3) is 0 Å². The third kappa shape index (κ3) is 8.35. The number of nitrogens with one attached hydrogen (secondary N) is 2. The Morgan fingerprint density at radius 2 is 1.86 bits per heavy atom. The molecule has 1 atom stereocenters. The highest BCUT2D eigenvalue weighted by Crippen LogP contribution is 2.25. The van der Waals surface area contributed by atoms with Crippen LogP contribution >= 0.6 is 23.2 Å². The van der Waals surface area contributed by atoms with E-state index in [2.05, 4.69) is 10.6 Å². The molecule has 1 aromatic rings. The van der Waals surface area contributed by atoms with Crippen LogP contribution in [0.4, 0.5) is 10.5 Å². The van der Waals surface area contributed by atoms with Gasteiger partial charge in [-0.15, -0.1) is 0 Å². The van der Waals surface area contributed by atoms with Crippen molar-refractivity contribution in [3.63, 3.8) is 0 Å². The van der Waals surface area contributed by atoms with Crippen molar-refractivity contribution in [2.24, 2.45) is 0 Å². The van der Waals surface area contributed by atoms with Crippen molar-refractivity contribution >= 4 is 46.8 Å². The fraction of sp³-hybridized carbons (Fsp3) is 0.526. The van der Waals surface area contributed by atoms with Crippen molar-refractivity contribution in [3.05, 3.63) is 28.2 Å². The molecule has 0 spiro atoms. The number of nitrogens with zero attached hydrogens (tertiary/aromatic N) is 1. The highest BCUT2D eigenvalue weighted by atomic mass is 35.5. The first kappa shape index (κ1) is 24.0. The number of carbonyl (C=O) groups is 3. The molecule has 28 heavy (non-hydrogen) atoms. The van der Waals surface area contributed by atoms with Crippen molar-refractivity contribution in [2.75, 3.05) is 18.4 Å². The second-order valence-corrected chi connectivity index (χ2v) is 8.14. The van der Waals surface area contributed by atoms with Crippen LogP contribution in [0, 0.1) is 0 Å². The second-order valence-electron chi connectivity index (χ2n) is 7.30. The van der Waals surface area contributed by atoms with Gasteiger partial charge in [0.05, 0.1) is 17.3 Å². The Kier molecular flexibility index (Phi) is 9.04. The number of anilines is 1.